The number of piperidine rings is 1. The summed E-state index contributed by atoms with van der Waals surface area (Å²) >= 11 is 0. The smallest absolute Gasteiger partial charge is 0.123 e. The van der Waals surface area contributed by atoms with Gasteiger partial charge in [0.15, 0.2) is 0 Å². The van der Waals surface area contributed by atoms with E-state index >= 15 is 0 Å². The molecule has 1 N–H and O–H groups in total. The minimum Gasteiger partial charge on any atom is -0.393 e. The van der Waals surface area contributed by atoms with Crippen molar-refractivity contribution in [1.29, 1.82) is 0 Å². The third-order valence-corrected chi connectivity index (χ3v) is 3.11. The van der Waals surface area contributed by atoms with Crippen molar-refractivity contribution in [3.63, 3.8) is 0 Å². The van der Waals surface area contributed by atoms with Crippen molar-refractivity contribution in [1.82, 2.24) is 4.90 Å². The second-order valence-electron chi connectivity index (χ2n) is 4.17. The number of benzene rings is 1. The fraction of sp³-hybridized carbons (Fsp3) is 0.385. The molecule has 0 aromatic heterocycles. The van der Waals surface area contributed by atoms with Gasteiger partial charge in [-0.1, -0.05) is 18.7 Å². The summed E-state index contributed by atoms with van der Waals surface area (Å²) < 4.78 is 12.8. The molecule has 1 aromatic carbocycles. The molecular formula is C13H16FNO. The Morgan fingerprint density at radius 3 is 2.69 bits per heavy atom. The first-order chi connectivity index (χ1) is 7.70. The van der Waals surface area contributed by atoms with Crippen LogP contribution in [0, 0.1) is 5.82 Å². The summed E-state index contributed by atoms with van der Waals surface area (Å²) in [5.74, 6) is -0.231. The van der Waals surface area contributed by atoms with Crippen molar-refractivity contribution >= 4 is 0 Å². The Labute approximate surface area is 95.0 Å². The highest BCUT2D eigenvalue weighted by molar-refractivity contribution is 5.21. The average molecular weight is 221 g/mol. The van der Waals surface area contributed by atoms with E-state index in [-0.39, 0.29) is 18.0 Å². The van der Waals surface area contributed by atoms with E-state index in [0.717, 1.165) is 18.5 Å². The first kappa shape index (κ1) is 11.1. The van der Waals surface area contributed by atoms with Crippen LogP contribution < -0.4 is 0 Å². The Kier molecular flexibility index (Phi) is 3.25. The molecule has 86 valence electrons. The maximum Gasteiger partial charge on any atom is 0.123 e. The summed E-state index contributed by atoms with van der Waals surface area (Å²) in [7, 11) is 0. The van der Waals surface area contributed by atoms with Gasteiger partial charge < -0.3 is 10.0 Å². The van der Waals surface area contributed by atoms with Crippen LogP contribution in [-0.4, -0.2) is 22.7 Å². The molecule has 3 heteroatoms. The summed E-state index contributed by atoms with van der Waals surface area (Å²) in [6, 6.07) is 6.57. The standard InChI is InChI=1S/C13H16FNO/c1-2-15-8-7-12(16)9-13(15)10-3-5-11(14)6-4-10/h2-6,12-13,16H,1,7-9H2. The predicted molar refractivity (Wildman–Crippen MR) is 61.3 cm³/mol. The zero-order valence-corrected chi connectivity index (χ0v) is 9.14. The molecule has 16 heavy (non-hydrogen) atoms. The third kappa shape index (κ3) is 2.25. The average Bonchev–Trinajstić information content (AvgIpc) is 2.30. The topological polar surface area (TPSA) is 23.5 Å². The Bertz CT molecular complexity index is 363. The van der Waals surface area contributed by atoms with Crippen molar-refractivity contribution in [2.75, 3.05) is 6.54 Å². The van der Waals surface area contributed by atoms with Crippen LogP contribution in [0.25, 0.3) is 0 Å². The molecule has 1 saturated heterocycles. The monoisotopic (exact) mass is 221 g/mol. The first-order valence-corrected chi connectivity index (χ1v) is 5.52. The van der Waals surface area contributed by atoms with Gasteiger partial charge in [0, 0.05) is 6.54 Å². The maximum atomic E-state index is 12.8. The van der Waals surface area contributed by atoms with Gasteiger partial charge in [0.05, 0.1) is 12.1 Å². The van der Waals surface area contributed by atoms with Gasteiger partial charge in [-0.15, -0.1) is 0 Å². The summed E-state index contributed by atoms with van der Waals surface area (Å²) in [5.41, 5.74) is 1.03. The SMILES string of the molecule is C=CN1CCC(O)CC1c1ccc(F)cc1. The number of aliphatic hydroxyl groups excluding tert-OH is 1. The highest BCUT2D eigenvalue weighted by Crippen LogP contribution is 2.31. The molecule has 0 saturated carbocycles. The van der Waals surface area contributed by atoms with Gasteiger partial charge in [0.2, 0.25) is 0 Å². The van der Waals surface area contributed by atoms with Crippen molar-refractivity contribution < 1.29 is 9.50 Å². The van der Waals surface area contributed by atoms with E-state index in [1.165, 1.54) is 12.1 Å². The van der Waals surface area contributed by atoms with Crippen LogP contribution in [0.1, 0.15) is 24.4 Å². The van der Waals surface area contributed by atoms with Crippen molar-refractivity contribution in [2.45, 2.75) is 25.0 Å². The van der Waals surface area contributed by atoms with Gasteiger partial charge in [-0.05, 0) is 36.7 Å². The molecular weight excluding hydrogens is 205 g/mol. The molecule has 2 unspecified atom stereocenters. The Morgan fingerprint density at radius 2 is 2.06 bits per heavy atom. The third-order valence-electron chi connectivity index (χ3n) is 3.11. The van der Waals surface area contributed by atoms with Gasteiger partial charge in [-0.3, -0.25) is 0 Å². The fourth-order valence-corrected chi connectivity index (χ4v) is 2.20. The van der Waals surface area contributed by atoms with E-state index in [0.29, 0.717) is 6.42 Å². The molecule has 0 spiro atoms. The lowest BCUT2D eigenvalue weighted by atomic mass is 9.94. The van der Waals surface area contributed by atoms with Crippen LogP contribution in [0.15, 0.2) is 37.0 Å². The largest absolute Gasteiger partial charge is 0.393 e. The van der Waals surface area contributed by atoms with Crippen LogP contribution in [0.5, 0.6) is 0 Å². The van der Waals surface area contributed by atoms with Crippen LogP contribution in [0.2, 0.25) is 0 Å². The fourth-order valence-electron chi connectivity index (χ4n) is 2.20. The molecule has 2 nitrogen and oxygen atoms in total. The molecule has 0 amide bonds. The second-order valence-corrected chi connectivity index (χ2v) is 4.17. The summed E-state index contributed by atoms with van der Waals surface area (Å²) in [6.07, 6.45) is 2.97. The first-order valence-electron chi connectivity index (χ1n) is 5.52. The van der Waals surface area contributed by atoms with Crippen LogP contribution >= 0.6 is 0 Å². The van der Waals surface area contributed by atoms with Gasteiger partial charge in [0.25, 0.3) is 0 Å². The van der Waals surface area contributed by atoms with E-state index in [9.17, 15) is 9.50 Å². The van der Waals surface area contributed by atoms with Gasteiger partial charge in [-0.2, -0.15) is 0 Å². The number of rotatable bonds is 2. The number of hydrogen-bond donors (Lipinski definition) is 1. The van der Waals surface area contributed by atoms with Crippen molar-refractivity contribution in [2.24, 2.45) is 0 Å². The molecule has 0 aliphatic carbocycles. The predicted octanol–water partition coefficient (Wildman–Crippen LogP) is 2.47. The Morgan fingerprint density at radius 1 is 1.38 bits per heavy atom. The van der Waals surface area contributed by atoms with E-state index in [4.69, 9.17) is 0 Å². The summed E-state index contributed by atoms with van der Waals surface area (Å²) in [5, 5.41) is 9.67. The molecule has 1 heterocycles. The molecule has 0 radical (unpaired) electrons. The molecule has 0 bridgehead atoms. The van der Waals surface area contributed by atoms with E-state index in [2.05, 4.69) is 11.5 Å². The van der Waals surface area contributed by atoms with Gasteiger partial charge in [0.1, 0.15) is 5.82 Å². The molecule has 2 rings (SSSR count). The number of nitrogens with zero attached hydrogens (tertiary/aromatic N) is 1. The van der Waals surface area contributed by atoms with E-state index in [1.54, 1.807) is 18.3 Å². The van der Waals surface area contributed by atoms with Crippen LogP contribution in [0.4, 0.5) is 4.39 Å². The number of likely N-dealkylation sites (tertiary alicyclic amines) is 1. The number of aliphatic hydroxyl groups is 1. The molecule has 1 aliphatic heterocycles. The molecule has 2 atom stereocenters. The summed E-state index contributed by atoms with van der Waals surface area (Å²) in [4.78, 5) is 2.10. The van der Waals surface area contributed by atoms with Gasteiger partial charge >= 0.3 is 0 Å². The lowest BCUT2D eigenvalue weighted by molar-refractivity contribution is 0.0658. The Balaban J connectivity index is 2.22. The maximum absolute atomic E-state index is 12.8. The molecule has 1 aliphatic rings. The van der Waals surface area contributed by atoms with Crippen molar-refractivity contribution in [3.8, 4) is 0 Å². The molecule has 1 fully saturated rings. The zero-order valence-electron chi connectivity index (χ0n) is 9.14. The highest BCUT2D eigenvalue weighted by atomic mass is 19.1. The number of halogens is 1. The van der Waals surface area contributed by atoms with Crippen LogP contribution in [0.3, 0.4) is 0 Å². The lowest BCUT2D eigenvalue weighted by Gasteiger charge is -2.37. The minimum atomic E-state index is -0.272. The number of hydrogen-bond acceptors (Lipinski definition) is 2. The van der Waals surface area contributed by atoms with Crippen LogP contribution in [-0.2, 0) is 0 Å². The molecule has 1 aromatic rings. The Hall–Kier alpha value is -1.35. The van der Waals surface area contributed by atoms with E-state index < -0.39 is 0 Å². The van der Waals surface area contributed by atoms with E-state index in [1.807, 2.05) is 0 Å². The zero-order chi connectivity index (χ0) is 11.5. The van der Waals surface area contributed by atoms with Gasteiger partial charge in [-0.25, -0.2) is 4.39 Å². The van der Waals surface area contributed by atoms with Crippen molar-refractivity contribution in [3.05, 3.63) is 48.4 Å². The normalized spacial score (nSPS) is 25.5. The quantitative estimate of drug-likeness (QED) is 0.829. The second kappa shape index (κ2) is 4.66. The minimum absolute atomic E-state index is 0.113. The lowest BCUT2D eigenvalue weighted by Crippen LogP contribution is -2.35. The summed E-state index contributed by atoms with van der Waals surface area (Å²) in [6.45, 7) is 4.57. The highest BCUT2D eigenvalue weighted by Gasteiger charge is 2.26.